The summed E-state index contributed by atoms with van der Waals surface area (Å²) in [6.45, 7) is 4.10. The van der Waals surface area contributed by atoms with Gasteiger partial charge in [-0.3, -0.25) is 19.8 Å². The van der Waals surface area contributed by atoms with Crippen molar-refractivity contribution >= 4 is 29.6 Å². The molecule has 4 amide bonds. The van der Waals surface area contributed by atoms with Crippen LogP contribution in [-0.2, 0) is 9.59 Å². The third kappa shape index (κ3) is 2.57. The molecule has 6 heteroatoms. The van der Waals surface area contributed by atoms with Crippen LogP contribution in [0.25, 0.3) is 0 Å². The minimum Gasteiger partial charge on any atom is -0.277 e. The zero-order valence-electron chi connectivity index (χ0n) is 12.1. The van der Waals surface area contributed by atoms with Crippen molar-refractivity contribution in [2.45, 2.75) is 39.5 Å². The van der Waals surface area contributed by atoms with E-state index in [9.17, 15) is 14.4 Å². The predicted molar refractivity (Wildman–Crippen MR) is 78.3 cm³/mol. The number of amides is 4. The van der Waals surface area contributed by atoms with E-state index in [-0.39, 0.29) is 5.91 Å². The minimum atomic E-state index is -1.06. The van der Waals surface area contributed by atoms with E-state index in [1.54, 1.807) is 0 Å². The zero-order valence-corrected chi connectivity index (χ0v) is 12.9. The van der Waals surface area contributed by atoms with E-state index in [0.717, 1.165) is 24.3 Å². The summed E-state index contributed by atoms with van der Waals surface area (Å²) in [6, 6.07) is -0.546. The number of imide groups is 2. The smallest absolute Gasteiger partial charge is 0.277 e. The van der Waals surface area contributed by atoms with Gasteiger partial charge >= 0.3 is 6.03 Å². The van der Waals surface area contributed by atoms with E-state index in [1.807, 2.05) is 25.6 Å². The van der Waals surface area contributed by atoms with Gasteiger partial charge in [-0.15, -0.1) is 0 Å². The van der Waals surface area contributed by atoms with Crippen LogP contribution < -0.4 is 5.32 Å². The molecule has 5 nitrogen and oxygen atoms in total. The summed E-state index contributed by atoms with van der Waals surface area (Å²) < 4.78 is 0. The lowest BCUT2D eigenvalue weighted by atomic mass is 9.78. The third-order valence-corrected chi connectivity index (χ3v) is 5.59. The maximum atomic E-state index is 12.6. The Morgan fingerprint density at radius 1 is 1.20 bits per heavy atom. The number of barbiturate groups is 1. The number of carbonyl (C=O) groups excluding carboxylic acids is 3. The number of nitrogens with zero attached hydrogens (tertiary/aromatic N) is 1. The summed E-state index contributed by atoms with van der Waals surface area (Å²) in [5, 5.41) is 2.36. The van der Waals surface area contributed by atoms with E-state index in [2.05, 4.69) is 5.32 Å². The highest BCUT2D eigenvalue weighted by Gasteiger charge is 2.51. The lowest BCUT2D eigenvalue weighted by Crippen LogP contribution is -2.64. The topological polar surface area (TPSA) is 66.5 Å². The van der Waals surface area contributed by atoms with E-state index in [4.69, 9.17) is 0 Å². The first-order valence-corrected chi connectivity index (χ1v) is 8.45. The van der Waals surface area contributed by atoms with Crippen LogP contribution in [0, 0.1) is 11.3 Å². The van der Waals surface area contributed by atoms with Crippen molar-refractivity contribution in [1.82, 2.24) is 10.2 Å². The molecule has 0 aromatic heterocycles. The Hall–Kier alpha value is -1.04. The fraction of sp³-hybridized carbons (Fsp3) is 0.786. The summed E-state index contributed by atoms with van der Waals surface area (Å²) in [5.74, 6) is 1.79. The van der Waals surface area contributed by atoms with Crippen LogP contribution >= 0.6 is 11.8 Å². The Labute approximate surface area is 123 Å². The molecular formula is C14H22N2O3S. The van der Waals surface area contributed by atoms with Crippen molar-refractivity contribution in [2.24, 2.45) is 11.3 Å². The minimum absolute atomic E-state index is 0.311. The van der Waals surface area contributed by atoms with Crippen LogP contribution in [0.2, 0.25) is 0 Å². The number of thioether (sulfide) groups is 1. The zero-order chi connectivity index (χ0) is 14.8. The molecule has 2 rings (SSSR count). The number of rotatable bonds is 4. The van der Waals surface area contributed by atoms with Gasteiger partial charge in [0.15, 0.2) is 0 Å². The molecule has 0 aliphatic carbocycles. The molecule has 20 heavy (non-hydrogen) atoms. The first kappa shape index (κ1) is 15.4. The van der Waals surface area contributed by atoms with Crippen molar-refractivity contribution in [1.29, 1.82) is 0 Å². The second kappa shape index (κ2) is 6.16. The van der Waals surface area contributed by atoms with Crippen LogP contribution in [0.1, 0.15) is 39.5 Å². The summed E-state index contributed by atoms with van der Waals surface area (Å²) in [7, 11) is 0. The van der Waals surface area contributed by atoms with Crippen molar-refractivity contribution in [2.75, 3.05) is 18.1 Å². The molecule has 0 bridgehead atoms. The summed E-state index contributed by atoms with van der Waals surface area (Å²) in [4.78, 5) is 37.9. The van der Waals surface area contributed by atoms with Gasteiger partial charge in [0, 0.05) is 6.54 Å². The fourth-order valence-electron chi connectivity index (χ4n) is 2.96. The second-order valence-electron chi connectivity index (χ2n) is 5.52. The van der Waals surface area contributed by atoms with Gasteiger partial charge in [-0.05, 0) is 43.1 Å². The Morgan fingerprint density at radius 2 is 1.80 bits per heavy atom. The van der Waals surface area contributed by atoms with Gasteiger partial charge in [0.2, 0.25) is 11.8 Å². The first-order valence-electron chi connectivity index (χ1n) is 7.30. The quantitative estimate of drug-likeness (QED) is 0.806. The molecule has 2 fully saturated rings. The first-order chi connectivity index (χ1) is 9.55. The molecule has 2 aliphatic heterocycles. The predicted octanol–water partition coefficient (Wildman–Crippen LogP) is 2.01. The number of urea groups is 1. The molecule has 0 atom stereocenters. The van der Waals surface area contributed by atoms with E-state index in [0.29, 0.717) is 25.3 Å². The van der Waals surface area contributed by atoms with Crippen LogP contribution in [0.5, 0.6) is 0 Å². The average Bonchev–Trinajstić information content (AvgIpc) is 2.46. The highest BCUT2D eigenvalue weighted by atomic mass is 32.2. The molecule has 0 spiro atoms. The van der Waals surface area contributed by atoms with E-state index < -0.39 is 17.4 Å². The van der Waals surface area contributed by atoms with Crippen molar-refractivity contribution in [3.63, 3.8) is 0 Å². The molecule has 0 aromatic rings. The largest absolute Gasteiger partial charge is 0.330 e. The van der Waals surface area contributed by atoms with Gasteiger partial charge in [0.1, 0.15) is 5.41 Å². The molecule has 2 heterocycles. The molecule has 0 unspecified atom stereocenters. The fourth-order valence-corrected chi connectivity index (χ4v) is 4.16. The van der Waals surface area contributed by atoms with E-state index in [1.165, 1.54) is 4.90 Å². The molecule has 0 radical (unpaired) electrons. The van der Waals surface area contributed by atoms with Crippen LogP contribution in [0.3, 0.4) is 0 Å². The molecule has 2 saturated heterocycles. The van der Waals surface area contributed by atoms with Gasteiger partial charge < -0.3 is 0 Å². The van der Waals surface area contributed by atoms with Gasteiger partial charge in [0.25, 0.3) is 0 Å². The Balaban J connectivity index is 2.16. The van der Waals surface area contributed by atoms with Crippen LogP contribution in [-0.4, -0.2) is 40.8 Å². The van der Waals surface area contributed by atoms with E-state index >= 15 is 0 Å². The summed E-state index contributed by atoms with van der Waals surface area (Å²) in [5.41, 5.74) is -1.06. The van der Waals surface area contributed by atoms with Crippen molar-refractivity contribution < 1.29 is 14.4 Å². The molecule has 0 saturated carbocycles. The Bertz CT molecular complexity index is 415. The lowest BCUT2D eigenvalue weighted by molar-refractivity contribution is -0.152. The SMILES string of the molecule is CCC1(CC)C(=O)NC(=O)N(CC2CCSCC2)C1=O. The number of hydrogen-bond donors (Lipinski definition) is 1. The maximum absolute atomic E-state index is 12.6. The van der Waals surface area contributed by atoms with Crippen LogP contribution in [0.4, 0.5) is 4.79 Å². The number of carbonyl (C=O) groups is 3. The molecule has 1 N–H and O–H groups in total. The molecular weight excluding hydrogens is 276 g/mol. The molecule has 2 aliphatic rings. The van der Waals surface area contributed by atoms with Gasteiger partial charge in [0.05, 0.1) is 0 Å². The monoisotopic (exact) mass is 298 g/mol. The summed E-state index contributed by atoms with van der Waals surface area (Å²) >= 11 is 1.91. The van der Waals surface area contributed by atoms with Gasteiger partial charge in [-0.2, -0.15) is 11.8 Å². The third-order valence-electron chi connectivity index (χ3n) is 4.54. The molecule has 112 valence electrons. The standard InChI is InChI=1S/C14H22N2O3S/c1-3-14(4-2)11(17)15-13(19)16(12(14)18)9-10-5-7-20-8-6-10/h10H,3-9H2,1-2H3,(H,15,17,19). The van der Waals surface area contributed by atoms with Gasteiger partial charge in [-0.25, -0.2) is 4.79 Å². The van der Waals surface area contributed by atoms with Crippen molar-refractivity contribution in [3.8, 4) is 0 Å². The molecule has 0 aromatic carbocycles. The second-order valence-corrected chi connectivity index (χ2v) is 6.74. The number of nitrogens with one attached hydrogen (secondary N) is 1. The highest BCUT2D eigenvalue weighted by molar-refractivity contribution is 7.99. The lowest BCUT2D eigenvalue weighted by Gasteiger charge is -2.39. The maximum Gasteiger partial charge on any atom is 0.330 e. The number of hydrogen-bond acceptors (Lipinski definition) is 4. The highest BCUT2D eigenvalue weighted by Crippen LogP contribution is 2.33. The Morgan fingerprint density at radius 3 is 2.35 bits per heavy atom. The van der Waals surface area contributed by atoms with Gasteiger partial charge in [-0.1, -0.05) is 13.8 Å². The summed E-state index contributed by atoms with van der Waals surface area (Å²) in [6.07, 6.45) is 2.92. The Kier molecular flexibility index (Phi) is 4.73. The van der Waals surface area contributed by atoms with Crippen molar-refractivity contribution in [3.05, 3.63) is 0 Å². The normalized spacial score (nSPS) is 23.9. The van der Waals surface area contributed by atoms with Crippen LogP contribution in [0.15, 0.2) is 0 Å². The average molecular weight is 298 g/mol.